The van der Waals surface area contributed by atoms with Gasteiger partial charge in [-0.1, -0.05) is 12.1 Å². The third kappa shape index (κ3) is 5.81. The number of carbonyl (C=O) groups is 1. The lowest BCUT2D eigenvalue weighted by Gasteiger charge is -2.17. The van der Waals surface area contributed by atoms with Crippen LogP contribution < -0.4 is 5.32 Å². The fourth-order valence-corrected chi connectivity index (χ4v) is 1.69. The second kappa shape index (κ2) is 7.86. The van der Waals surface area contributed by atoms with Crippen LogP contribution in [0.25, 0.3) is 0 Å². The molecular weight excluding hydrogens is 249 g/mol. The van der Waals surface area contributed by atoms with Crippen molar-refractivity contribution in [1.29, 1.82) is 0 Å². The molecule has 0 aliphatic carbocycles. The van der Waals surface area contributed by atoms with Gasteiger partial charge in [0.15, 0.2) is 0 Å². The first-order valence-corrected chi connectivity index (χ1v) is 6.35. The molecule has 0 spiro atoms. The molecule has 0 aromatic heterocycles. The molecule has 0 fully saturated rings. The highest BCUT2D eigenvalue weighted by molar-refractivity contribution is 5.69. The summed E-state index contributed by atoms with van der Waals surface area (Å²) in [5.74, 6) is -0.714. The van der Waals surface area contributed by atoms with E-state index in [1.807, 2.05) is 6.92 Å². The largest absolute Gasteiger partial charge is 0.466 e. The summed E-state index contributed by atoms with van der Waals surface area (Å²) in [7, 11) is 0. The number of aliphatic hydroxyl groups is 1. The van der Waals surface area contributed by atoms with E-state index in [1.165, 1.54) is 12.1 Å². The Hall–Kier alpha value is -1.46. The van der Waals surface area contributed by atoms with Gasteiger partial charge in [0.25, 0.3) is 0 Å². The van der Waals surface area contributed by atoms with Gasteiger partial charge in [0, 0.05) is 12.6 Å². The number of halogens is 1. The number of esters is 1. The second-order valence-electron chi connectivity index (χ2n) is 4.35. The molecular formula is C14H20FNO3. The molecule has 0 aliphatic heterocycles. The minimum Gasteiger partial charge on any atom is -0.466 e. The zero-order valence-corrected chi connectivity index (χ0v) is 11.2. The standard InChI is InChI=1S/C14H20FNO3/c1-3-19-14(18)8-13(17)9-16-10(2)11-5-4-6-12(15)7-11/h4-7,10,13,16-17H,3,8-9H2,1-2H3/t10-,13?/m0/s1. The van der Waals surface area contributed by atoms with Gasteiger partial charge in [0.05, 0.1) is 19.1 Å². The Labute approximate surface area is 112 Å². The summed E-state index contributed by atoms with van der Waals surface area (Å²) >= 11 is 0. The maximum atomic E-state index is 13.0. The molecule has 0 heterocycles. The monoisotopic (exact) mass is 269 g/mol. The smallest absolute Gasteiger partial charge is 0.308 e. The van der Waals surface area contributed by atoms with E-state index in [0.717, 1.165) is 5.56 Å². The van der Waals surface area contributed by atoms with Crippen LogP contribution in [-0.4, -0.2) is 30.3 Å². The zero-order chi connectivity index (χ0) is 14.3. The summed E-state index contributed by atoms with van der Waals surface area (Å²) < 4.78 is 17.8. The van der Waals surface area contributed by atoms with Crippen molar-refractivity contribution in [2.45, 2.75) is 32.4 Å². The van der Waals surface area contributed by atoms with Crippen LogP contribution in [0.3, 0.4) is 0 Å². The van der Waals surface area contributed by atoms with Gasteiger partial charge in [-0.2, -0.15) is 0 Å². The van der Waals surface area contributed by atoms with Crippen molar-refractivity contribution in [2.24, 2.45) is 0 Å². The van der Waals surface area contributed by atoms with Crippen molar-refractivity contribution in [3.63, 3.8) is 0 Å². The molecule has 1 unspecified atom stereocenters. The Morgan fingerprint density at radius 3 is 2.89 bits per heavy atom. The van der Waals surface area contributed by atoms with Crippen molar-refractivity contribution in [1.82, 2.24) is 5.32 Å². The highest BCUT2D eigenvalue weighted by Crippen LogP contribution is 2.13. The predicted molar refractivity (Wildman–Crippen MR) is 70.1 cm³/mol. The van der Waals surface area contributed by atoms with Gasteiger partial charge < -0.3 is 15.2 Å². The van der Waals surface area contributed by atoms with Gasteiger partial charge in [0.1, 0.15) is 5.82 Å². The summed E-state index contributed by atoms with van der Waals surface area (Å²) in [6.45, 7) is 4.13. The van der Waals surface area contributed by atoms with E-state index in [-0.39, 0.29) is 24.8 Å². The first-order valence-electron chi connectivity index (χ1n) is 6.35. The SMILES string of the molecule is CCOC(=O)CC(O)CN[C@@H](C)c1cccc(F)c1. The lowest BCUT2D eigenvalue weighted by Crippen LogP contribution is -2.31. The number of aliphatic hydroxyl groups excluding tert-OH is 1. The zero-order valence-electron chi connectivity index (χ0n) is 11.2. The Kier molecular flexibility index (Phi) is 6.45. The highest BCUT2D eigenvalue weighted by atomic mass is 19.1. The van der Waals surface area contributed by atoms with E-state index >= 15 is 0 Å². The van der Waals surface area contributed by atoms with Gasteiger partial charge in [-0.25, -0.2) is 4.39 Å². The van der Waals surface area contributed by atoms with Crippen molar-refractivity contribution < 1.29 is 19.0 Å². The summed E-state index contributed by atoms with van der Waals surface area (Å²) in [5.41, 5.74) is 0.795. The molecule has 4 nitrogen and oxygen atoms in total. The summed E-state index contributed by atoms with van der Waals surface area (Å²) in [6.07, 6.45) is -0.855. The molecule has 1 aromatic rings. The maximum absolute atomic E-state index is 13.0. The summed E-state index contributed by atoms with van der Waals surface area (Å²) in [5, 5.41) is 12.7. The van der Waals surface area contributed by atoms with Crippen LogP contribution in [0.4, 0.5) is 4.39 Å². The highest BCUT2D eigenvalue weighted by Gasteiger charge is 2.13. The van der Waals surface area contributed by atoms with Crippen molar-refractivity contribution in [3.8, 4) is 0 Å². The van der Waals surface area contributed by atoms with E-state index in [0.29, 0.717) is 6.61 Å². The van der Waals surface area contributed by atoms with Gasteiger partial charge >= 0.3 is 5.97 Å². The fourth-order valence-electron chi connectivity index (χ4n) is 1.69. The minimum atomic E-state index is -0.810. The number of rotatable bonds is 7. The van der Waals surface area contributed by atoms with Crippen molar-refractivity contribution in [2.75, 3.05) is 13.2 Å². The summed E-state index contributed by atoms with van der Waals surface area (Å²) in [6, 6.07) is 6.16. The van der Waals surface area contributed by atoms with Crippen molar-refractivity contribution >= 4 is 5.97 Å². The molecule has 19 heavy (non-hydrogen) atoms. The Balaban J connectivity index is 2.37. The van der Waals surface area contributed by atoms with Crippen LogP contribution in [0, 0.1) is 5.82 Å². The molecule has 2 N–H and O–H groups in total. The molecule has 2 atom stereocenters. The van der Waals surface area contributed by atoms with Crippen LogP contribution in [0.5, 0.6) is 0 Å². The second-order valence-corrected chi connectivity index (χ2v) is 4.35. The summed E-state index contributed by atoms with van der Waals surface area (Å²) in [4.78, 5) is 11.2. The Bertz CT molecular complexity index is 411. The van der Waals surface area contributed by atoms with Crippen LogP contribution in [0.1, 0.15) is 31.9 Å². The Morgan fingerprint density at radius 1 is 1.53 bits per heavy atom. The van der Waals surface area contributed by atoms with Crippen LogP contribution in [0.15, 0.2) is 24.3 Å². The number of benzene rings is 1. The first-order chi connectivity index (χ1) is 9.02. The molecule has 0 radical (unpaired) electrons. The van der Waals surface area contributed by atoms with Crippen LogP contribution >= 0.6 is 0 Å². The number of hydrogen-bond donors (Lipinski definition) is 2. The normalized spacial score (nSPS) is 13.9. The molecule has 106 valence electrons. The number of hydrogen-bond acceptors (Lipinski definition) is 4. The lowest BCUT2D eigenvalue weighted by atomic mass is 10.1. The predicted octanol–water partition coefficient (Wildman–Crippen LogP) is 1.79. The van der Waals surface area contributed by atoms with Gasteiger partial charge in [-0.15, -0.1) is 0 Å². The number of nitrogens with one attached hydrogen (secondary N) is 1. The maximum Gasteiger partial charge on any atom is 0.308 e. The molecule has 1 rings (SSSR count). The number of ether oxygens (including phenoxy) is 1. The van der Waals surface area contributed by atoms with Crippen molar-refractivity contribution in [3.05, 3.63) is 35.6 Å². The molecule has 0 aliphatic rings. The van der Waals surface area contributed by atoms with Crippen LogP contribution in [0.2, 0.25) is 0 Å². The number of carbonyl (C=O) groups excluding carboxylic acids is 1. The van der Waals surface area contributed by atoms with Crippen LogP contribution in [-0.2, 0) is 9.53 Å². The fraction of sp³-hybridized carbons (Fsp3) is 0.500. The first kappa shape index (κ1) is 15.6. The lowest BCUT2D eigenvalue weighted by molar-refractivity contribution is -0.145. The van der Waals surface area contributed by atoms with E-state index < -0.39 is 12.1 Å². The van der Waals surface area contributed by atoms with E-state index in [9.17, 15) is 14.3 Å². The molecule has 1 aromatic carbocycles. The topological polar surface area (TPSA) is 58.6 Å². The molecule has 0 saturated carbocycles. The third-order valence-corrected chi connectivity index (χ3v) is 2.72. The quantitative estimate of drug-likeness (QED) is 0.741. The van der Waals surface area contributed by atoms with Gasteiger partial charge in [0.2, 0.25) is 0 Å². The van der Waals surface area contributed by atoms with Gasteiger partial charge in [-0.05, 0) is 31.5 Å². The average molecular weight is 269 g/mol. The third-order valence-electron chi connectivity index (χ3n) is 2.72. The molecule has 0 bridgehead atoms. The minimum absolute atomic E-state index is 0.0449. The molecule has 0 amide bonds. The van der Waals surface area contributed by atoms with Gasteiger partial charge in [-0.3, -0.25) is 4.79 Å². The average Bonchev–Trinajstić information content (AvgIpc) is 2.36. The van der Waals surface area contributed by atoms with E-state index in [1.54, 1.807) is 19.1 Å². The molecule has 0 saturated heterocycles. The van der Waals surface area contributed by atoms with E-state index in [2.05, 4.69) is 5.32 Å². The van der Waals surface area contributed by atoms with E-state index in [4.69, 9.17) is 4.74 Å². The molecule has 5 heteroatoms. The Morgan fingerprint density at radius 2 is 2.26 bits per heavy atom.